The number of carbonyl (C=O) groups excluding carboxylic acids is 1. The fraction of sp³-hybridized carbons (Fsp3) is 0.417. The third kappa shape index (κ3) is 8.62. The van der Waals surface area contributed by atoms with Gasteiger partial charge < -0.3 is 4.79 Å². The van der Waals surface area contributed by atoms with E-state index in [1.807, 2.05) is 18.2 Å². The van der Waals surface area contributed by atoms with Crippen molar-refractivity contribution in [2.24, 2.45) is 5.92 Å². The molecule has 0 radical (unpaired) electrons. The summed E-state index contributed by atoms with van der Waals surface area (Å²) < 4.78 is 0. The Morgan fingerprint density at radius 2 is 2.23 bits per heavy atom. The van der Waals surface area contributed by atoms with Crippen molar-refractivity contribution >= 4 is 5.78 Å². The van der Waals surface area contributed by atoms with E-state index in [0.717, 1.165) is 6.42 Å². The van der Waals surface area contributed by atoms with Crippen molar-refractivity contribution in [3.05, 3.63) is 24.3 Å². The van der Waals surface area contributed by atoms with Crippen molar-refractivity contribution in [2.45, 2.75) is 26.7 Å². The standard InChI is InChI=1S/C12H16O/c1-4-5-6-7-8-9-11(2)10-12(3)13/h1,5-8,11H,9-10H2,2-3H3. The average Bonchev–Trinajstić information content (AvgIpc) is 2.02. The van der Waals surface area contributed by atoms with Crippen LogP contribution < -0.4 is 0 Å². The molecule has 0 fully saturated rings. The van der Waals surface area contributed by atoms with Crippen LogP contribution in [0.4, 0.5) is 0 Å². The zero-order valence-corrected chi connectivity index (χ0v) is 8.29. The molecule has 0 bridgehead atoms. The van der Waals surface area contributed by atoms with Crippen molar-refractivity contribution in [1.29, 1.82) is 0 Å². The molecule has 0 saturated heterocycles. The van der Waals surface area contributed by atoms with Gasteiger partial charge in [0.2, 0.25) is 0 Å². The Hall–Kier alpha value is -1.29. The van der Waals surface area contributed by atoms with Crippen LogP contribution in [0.1, 0.15) is 26.7 Å². The van der Waals surface area contributed by atoms with Gasteiger partial charge in [-0.15, -0.1) is 6.42 Å². The zero-order chi connectivity index (χ0) is 10.1. The summed E-state index contributed by atoms with van der Waals surface area (Å²) in [4.78, 5) is 10.7. The number of rotatable bonds is 5. The molecule has 0 aromatic carbocycles. The van der Waals surface area contributed by atoms with Gasteiger partial charge in [0.25, 0.3) is 0 Å². The summed E-state index contributed by atoms with van der Waals surface area (Å²) in [5.41, 5.74) is 0. The van der Waals surface area contributed by atoms with Crippen molar-refractivity contribution in [3.8, 4) is 12.3 Å². The second-order valence-corrected chi connectivity index (χ2v) is 3.20. The topological polar surface area (TPSA) is 17.1 Å². The summed E-state index contributed by atoms with van der Waals surface area (Å²) in [6.45, 7) is 3.69. The molecule has 0 heterocycles. The van der Waals surface area contributed by atoms with Gasteiger partial charge in [-0.1, -0.05) is 31.1 Å². The second kappa shape index (κ2) is 7.36. The van der Waals surface area contributed by atoms with Crippen molar-refractivity contribution < 1.29 is 4.79 Å². The maximum atomic E-state index is 10.7. The highest BCUT2D eigenvalue weighted by molar-refractivity contribution is 5.75. The summed E-state index contributed by atoms with van der Waals surface area (Å²) in [5, 5.41) is 0. The maximum Gasteiger partial charge on any atom is 0.130 e. The number of carbonyl (C=O) groups is 1. The van der Waals surface area contributed by atoms with Gasteiger partial charge >= 0.3 is 0 Å². The van der Waals surface area contributed by atoms with Crippen LogP contribution in [0.2, 0.25) is 0 Å². The number of ketones is 1. The summed E-state index contributed by atoms with van der Waals surface area (Å²) in [7, 11) is 0. The average molecular weight is 176 g/mol. The van der Waals surface area contributed by atoms with Crippen molar-refractivity contribution in [1.82, 2.24) is 0 Å². The number of hydrogen-bond acceptors (Lipinski definition) is 1. The monoisotopic (exact) mass is 176 g/mol. The summed E-state index contributed by atoms with van der Waals surface area (Å²) >= 11 is 0. The lowest BCUT2D eigenvalue weighted by Crippen LogP contribution is -1.99. The van der Waals surface area contributed by atoms with Gasteiger partial charge in [0, 0.05) is 6.42 Å². The highest BCUT2D eigenvalue weighted by atomic mass is 16.1. The predicted octanol–water partition coefficient (Wildman–Crippen LogP) is 2.74. The molecule has 0 aliphatic heterocycles. The Morgan fingerprint density at radius 1 is 1.54 bits per heavy atom. The van der Waals surface area contributed by atoms with Crippen LogP contribution >= 0.6 is 0 Å². The third-order valence-corrected chi connectivity index (χ3v) is 1.61. The summed E-state index contributed by atoms with van der Waals surface area (Å²) in [6.07, 6.45) is 14.0. The first-order valence-corrected chi connectivity index (χ1v) is 4.44. The molecule has 0 rings (SSSR count). The van der Waals surface area contributed by atoms with Gasteiger partial charge in [-0.2, -0.15) is 0 Å². The molecule has 1 heteroatoms. The number of terminal acetylenes is 1. The molecule has 0 aliphatic rings. The highest BCUT2D eigenvalue weighted by Gasteiger charge is 2.01. The Morgan fingerprint density at radius 3 is 2.77 bits per heavy atom. The molecular weight excluding hydrogens is 160 g/mol. The Balaban J connectivity index is 3.64. The van der Waals surface area contributed by atoms with Crippen LogP contribution in [0.15, 0.2) is 24.3 Å². The molecular formula is C12H16O. The maximum absolute atomic E-state index is 10.7. The molecule has 0 aromatic rings. The normalized spacial score (nSPS) is 13.3. The lowest BCUT2D eigenvalue weighted by atomic mass is 10.0. The van der Waals surface area contributed by atoms with E-state index in [1.165, 1.54) is 0 Å². The molecule has 1 unspecified atom stereocenters. The number of hydrogen-bond donors (Lipinski definition) is 0. The van der Waals surface area contributed by atoms with Crippen LogP contribution in [0.5, 0.6) is 0 Å². The Bertz CT molecular complexity index is 240. The van der Waals surface area contributed by atoms with Crippen LogP contribution in [-0.4, -0.2) is 5.78 Å². The minimum absolute atomic E-state index is 0.250. The van der Waals surface area contributed by atoms with Crippen molar-refractivity contribution in [3.63, 3.8) is 0 Å². The van der Waals surface area contributed by atoms with E-state index in [9.17, 15) is 4.79 Å². The van der Waals surface area contributed by atoms with E-state index < -0.39 is 0 Å². The molecule has 0 spiro atoms. The molecule has 0 aromatic heterocycles. The lowest BCUT2D eigenvalue weighted by Gasteiger charge is -2.03. The van der Waals surface area contributed by atoms with E-state index in [4.69, 9.17) is 6.42 Å². The molecule has 70 valence electrons. The van der Waals surface area contributed by atoms with Gasteiger partial charge in [0.05, 0.1) is 0 Å². The molecule has 0 amide bonds. The van der Waals surface area contributed by atoms with Crippen LogP contribution in [-0.2, 0) is 4.79 Å². The quantitative estimate of drug-likeness (QED) is 0.465. The molecule has 0 N–H and O–H groups in total. The fourth-order valence-corrected chi connectivity index (χ4v) is 1.07. The second-order valence-electron chi connectivity index (χ2n) is 3.20. The Kier molecular flexibility index (Phi) is 6.63. The fourth-order valence-electron chi connectivity index (χ4n) is 1.07. The van der Waals surface area contributed by atoms with E-state index in [0.29, 0.717) is 12.3 Å². The van der Waals surface area contributed by atoms with Crippen LogP contribution in [0.3, 0.4) is 0 Å². The van der Waals surface area contributed by atoms with E-state index in [1.54, 1.807) is 13.0 Å². The number of Topliss-reactive ketones (excluding diaryl/α,β-unsaturated/α-hetero) is 1. The first kappa shape index (κ1) is 11.7. The van der Waals surface area contributed by atoms with Crippen molar-refractivity contribution in [2.75, 3.05) is 0 Å². The molecule has 0 saturated carbocycles. The van der Waals surface area contributed by atoms with Gasteiger partial charge in [-0.05, 0) is 25.3 Å². The summed E-state index contributed by atoms with van der Waals surface area (Å²) in [6, 6.07) is 0. The van der Waals surface area contributed by atoms with Gasteiger partial charge in [-0.3, -0.25) is 0 Å². The predicted molar refractivity (Wildman–Crippen MR) is 56.2 cm³/mol. The molecule has 1 nitrogen and oxygen atoms in total. The zero-order valence-electron chi connectivity index (χ0n) is 8.29. The molecule has 1 atom stereocenters. The van der Waals surface area contributed by atoms with Gasteiger partial charge in [0.15, 0.2) is 0 Å². The van der Waals surface area contributed by atoms with Crippen LogP contribution in [0, 0.1) is 18.3 Å². The minimum atomic E-state index is 0.250. The molecule has 13 heavy (non-hydrogen) atoms. The van der Waals surface area contributed by atoms with E-state index in [2.05, 4.69) is 12.8 Å². The molecule has 0 aliphatic carbocycles. The minimum Gasteiger partial charge on any atom is -0.300 e. The smallest absolute Gasteiger partial charge is 0.130 e. The Labute approximate surface area is 80.5 Å². The third-order valence-electron chi connectivity index (χ3n) is 1.61. The van der Waals surface area contributed by atoms with E-state index in [-0.39, 0.29) is 5.78 Å². The first-order chi connectivity index (χ1) is 6.16. The lowest BCUT2D eigenvalue weighted by molar-refractivity contribution is -0.117. The first-order valence-electron chi connectivity index (χ1n) is 4.44. The van der Waals surface area contributed by atoms with Gasteiger partial charge in [-0.25, -0.2) is 0 Å². The van der Waals surface area contributed by atoms with E-state index >= 15 is 0 Å². The summed E-state index contributed by atoms with van der Waals surface area (Å²) in [5.74, 6) is 3.08. The highest BCUT2D eigenvalue weighted by Crippen LogP contribution is 2.08. The largest absolute Gasteiger partial charge is 0.300 e. The van der Waals surface area contributed by atoms with Gasteiger partial charge in [0.1, 0.15) is 5.78 Å². The van der Waals surface area contributed by atoms with Crippen LogP contribution in [0.25, 0.3) is 0 Å². The SMILES string of the molecule is C#CC=CC=CCC(C)CC(C)=O. The number of allylic oxidation sites excluding steroid dienone is 4.